The number of nitrogens with zero attached hydrogens (tertiary/aromatic N) is 2. The van der Waals surface area contributed by atoms with Gasteiger partial charge in [-0.3, -0.25) is 19.2 Å². The van der Waals surface area contributed by atoms with Gasteiger partial charge in [-0.25, -0.2) is 0 Å². The van der Waals surface area contributed by atoms with Crippen LogP contribution in [0.3, 0.4) is 0 Å². The molecule has 0 aromatic heterocycles. The fourth-order valence-corrected chi connectivity index (χ4v) is 6.08. The van der Waals surface area contributed by atoms with Gasteiger partial charge in [0.05, 0.1) is 18.6 Å². The van der Waals surface area contributed by atoms with Crippen molar-refractivity contribution in [2.45, 2.75) is 89.2 Å². The van der Waals surface area contributed by atoms with Crippen LogP contribution >= 0.6 is 0 Å². The van der Waals surface area contributed by atoms with Crippen molar-refractivity contribution in [1.82, 2.24) is 15.1 Å². The Bertz CT molecular complexity index is 1000. The van der Waals surface area contributed by atoms with Gasteiger partial charge in [-0.15, -0.1) is 0 Å². The lowest BCUT2D eigenvalue weighted by Crippen LogP contribution is -2.58. The molecule has 3 amide bonds. The van der Waals surface area contributed by atoms with Gasteiger partial charge in [0.1, 0.15) is 23.7 Å². The summed E-state index contributed by atoms with van der Waals surface area (Å²) >= 11 is 0. The smallest absolute Gasteiger partial charge is 0.313 e. The zero-order valence-electron chi connectivity index (χ0n) is 22.9. The highest BCUT2D eigenvalue weighted by Crippen LogP contribution is 2.53. The molecule has 2 fully saturated rings. The second-order valence-electron chi connectivity index (χ2n) is 11.7. The first kappa shape index (κ1) is 28.3. The third-order valence-electron chi connectivity index (χ3n) is 7.90. The van der Waals surface area contributed by atoms with Crippen molar-refractivity contribution in [3.63, 3.8) is 0 Å². The van der Waals surface area contributed by atoms with Gasteiger partial charge in [0.15, 0.2) is 0 Å². The SMILES string of the molecule is C[C@@H]1CNC(=O)CC/C=C\[C@H]2O[C@]34C=CCN(C(C)(C)C)C(=O)[C@H]3N(CCCCCO)C(=O)[C@@H]4[C@H]2C(=O)O1. The predicted molar refractivity (Wildman–Crippen MR) is 139 cm³/mol. The fourth-order valence-electron chi connectivity index (χ4n) is 6.08. The number of esters is 1. The van der Waals surface area contributed by atoms with E-state index < -0.39 is 47.2 Å². The number of cyclic esters (lactones) is 1. The minimum Gasteiger partial charge on any atom is -0.460 e. The summed E-state index contributed by atoms with van der Waals surface area (Å²) in [6.07, 6.45) is 8.53. The Morgan fingerprint density at radius 3 is 2.58 bits per heavy atom. The second kappa shape index (κ2) is 11.2. The van der Waals surface area contributed by atoms with Gasteiger partial charge in [-0.05, 0) is 53.4 Å². The zero-order chi connectivity index (χ0) is 27.7. The summed E-state index contributed by atoms with van der Waals surface area (Å²) in [5, 5.41) is 12.0. The van der Waals surface area contributed by atoms with E-state index in [0.29, 0.717) is 38.8 Å². The Morgan fingerprint density at radius 1 is 1.11 bits per heavy atom. The monoisotopic (exact) mass is 531 g/mol. The number of allylic oxidation sites excluding steroid dienone is 1. The van der Waals surface area contributed by atoms with E-state index in [0.717, 1.165) is 0 Å². The highest BCUT2D eigenvalue weighted by Gasteiger charge is 2.72. The van der Waals surface area contributed by atoms with Crippen LogP contribution < -0.4 is 5.32 Å². The molecule has 4 aliphatic rings. The molecule has 0 saturated carbocycles. The molecule has 38 heavy (non-hydrogen) atoms. The number of carbonyl (C=O) groups excluding carboxylic acids is 4. The maximum atomic E-state index is 14.2. The van der Waals surface area contributed by atoms with Crippen molar-refractivity contribution in [3.8, 4) is 0 Å². The molecule has 0 aromatic carbocycles. The summed E-state index contributed by atoms with van der Waals surface area (Å²) in [6, 6.07) is -0.919. The van der Waals surface area contributed by atoms with Crippen molar-refractivity contribution in [3.05, 3.63) is 24.3 Å². The Labute approximate surface area is 224 Å². The predicted octanol–water partition coefficient (Wildman–Crippen LogP) is 1.32. The van der Waals surface area contributed by atoms with E-state index in [2.05, 4.69) is 5.32 Å². The first-order valence-corrected chi connectivity index (χ1v) is 13.7. The van der Waals surface area contributed by atoms with Crippen molar-refractivity contribution in [1.29, 1.82) is 0 Å². The molecule has 10 nitrogen and oxygen atoms in total. The summed E-state index contributed by atoms with van der Waals surface area (Å²) in [6.45, 7) is 8.49. The molecule has 0 radical (unpaired) electrons. The number of nitrogens with one attached hydrogen (secondary N) is 1. The topological polar surface area (TPSA) is 125 Å². The van der Waals surface area contributed by atoms with Crippen molar-refractivity contribution < 1.29 is 33.8 Å². The van der Waals surface area contributed by atoms with Crippen LogP contribution in [0.2, 0.25) is 0 Å². The Morgan fingerprint density at radius 2 is 1.87 bits per heavy atom. The lowest BCUT2D eigenvalue weighted by molar-refractivity contribution is -0.159. The van der Waals surface area contributed by atoms with Crippen molar-refractivity contribution in [2.75, 3.05) is 26.2 Å². The molecule has 0 bridgehead atoms. The quantitative estimate of drug-likeness (QED) is 0.311. The van der Waals surface area contributed by atoms with E-state index >= 15 is 0 Å². The molecular formula is C28H41N3O7. The van der Waals surface area contributed by atoms with Gasteiger partial charge in [-0.1, -0.05) is 24.3 Å². The van der Waals surface area contributed by atoms with E-state index in [1.807, 2.05) is 32.9 Å². The Kier molecular flexibility index (Phi) is 8.32. The normalized spacial score (nSPS) is 34.9. The third-order valence-corrected chi connectivity index (χ3v) is 7.90. The van der Waals surface area contributed by atoms with Crippen LogP contribution in [0.15, 0.2) is 24.3 Å². The Hall–Kier alpha value is -2.72. The van der Waals surface area contributed by atoms with Gasteiger partial charge in [0, 0.05) is 31.7 Å². The van der Waals surface area contributed by atoms with E-state index in [-0.39, 0.29) is 37.3 Å². The number of ether oxygens (including phenoxy) is 2. The number of fused-ring (bicyclic) bond motifs is 2. The minimum absolute atomic E-state index is 0.0626. The van der Waals surface area contributed by atoms with Crippen molar-refractivity contribution >= 4 is 23.7 Å². The number of likely N-dealkylation sites (tertiary alicyclic amines) is 1. The van der Waals surface area contributed by atoms with Crippen LogP contribution in [0, 0.1) is 11.8 Å². The first-order chi connectivity index (χ1) is 18.0. The number of carbonyl (C=O) groups is 4. The summed E-state index contributed by atoms with van der Waals surface area (Å²) in [5.41, 5.74) is -1.81. The molecule has 4 aliphatic heterocycles. The highest BCUT2D eigenvalue weighted by atomic mass is 16.6. The molecule has 2 saturated heterocycles. The number of hydrogen-bond donors (Lipinski definition) is 2. The van der Waals surface area contributed by atoms with Crippen LogP contribution in [-0.2, 0) is 28.7 Å². The van der Waals surface area contributed by atoms with E-state index in [9.17, 15) is 24.3 Å². The molecule has 6 atom stereocenters. The number of unbranched alkanes of at least 4 members (excludes halogenated alkanes) is 2. The third kappa shape index (κ3) is 5.25. The zero-order valence-corrected chi connectivity index (χ0v) is 22.9. The molecule has 4 heterocycles. The first-order valence-electron chi connectivity index (χ1n) is 13.7. The number of aliphatic hydroxyl groups is 1. The second-order valence-corrected chi connectivity index (χ2v) is 11.7. The van der Waals surface area contributed by atoms with Crippen molar-refractivity contribution in [2.24, 2.45) is 11.8 Å². The van der Waals surface area contributed by atoms with E-state index in [4.69, 9.17) is 9.47 Å². The van der Waals surface area contributed by atoms with Crippen LogP contribution in [0.5, 0.6) is 0 Å². The standard InChI is InChI=1S/C28H41N3O7/c1-18-17-29-20(33)12-7-6-11-19-21(26(36)37-18)22-24(34)30(14-8-5-9-16-32)23-25(35)31(27(2,3)4)15-10-13-28(22,23)38-19/h6,10-11,13,18-19,21-23,32H,5,7-9,12,14-17H2,1-4H3,(H,29,33)/b11-6-/t18-,19-,21+,22+,23-,28+/m1/s1. The maximum absolute atomic E-state index is 14.2. The minimum atomic E-state index is -1.32. The lowest BCUT2D eigenvalue weighted by atomic mass is 9.77. The summed E-state index contributed by atoms with van der Waals surface area (Å²) in [5.74, 6) is -3.06. The summed E-state index contributed by atoms with van der Waals surface area (Å²) < 4.78 is 12.3. The fraction of sp³-hybridized carbons (Fsp3) is 0.714. The van der Waals surface area contributed by atoms with Gasteiger partial charge in [0.25, 0.3) is 0 Å². The average molecular weight is 532 g/mol. The van der Waals surface area contributed by atoms with Gasteiger partial charge >= 0.3 is 5.97 Å². The van der Waals surface area contributed by atoms with Gasteiger partial charge in [0.2, 0.25) is 17.7 Å². The van der Waals surface area contributed by atoms with Crippen LogP contribution in [0.4, 0.5) is 0 Å². The molecule has 10 heteroatoms. The molecule has 210 valence electrons. The maximum Gasteiger partial charge on any atom is 0.313 e. The number of hydrogen-bond acceptors (Lipinski definition) is 7. The molecule has 0 unspecified atom stereocenters. The lowest BCUT2D eigenvalue weighted by Gasteiger charge is -2.40. The molecular weight excluding hydrogens is 490 g/mol. The van der Waals surface area contributed by atoms with Crippen LogP contribution in [0.1, 0.15) is 59.8 Å². The van der Waals surface area contributed by atoms with Crippen LogP contribution in [-0.4, -0.2) is 94.2 Å². The van der Waals surface area contributed by atoms with E-state index in [1.165, 1.54) is 0 Å². The summed E-state index contributed by atoms with van der Waals surface area (Å²) in [7, 11) is 0. The number of rotatable bonds is 5. The molecule has 2 N–H and O–H groups in total. The van der Waals surface area contributed by atoms with Crippen LogP contribution in [0.25, 0.3) is 0 Å². The highest BCUT2D eigenvalue weighted by molar-refractivity contribution is 5.99. The molecule has 0 aromatic rings. The van der Waals surface area contributed by atoms with E-state index in [1.54, 1.807) is 28.9 Å². The Balaban J connectivity index is 1.76. The number of amides is 3. The molecule has 4 rings (SSSR count). The molecule has 0 aliphatic carbocycles. The molecule has 1 spiro atoms. The summed E-state index contributed by atoms with van der Waals surface area (Å²) in [4.78, 5) is 57.3. The largest absolute Gasteiger partial charge is 0.460 e. The van der Waals surface area contributed by atoms with Gasteiger partial charge < -0.3 is 29.7 Å². The number of aliphatic hydroxyl groups excluding tert-OH is 1. The van der Waals surface area contributed by atoms with Gasteiger partial charge in [-0.2, -0.15) is 0 Å². The average Bonchev–Trinajstić information content (AvgIpc) is 3.22.